The van der Waals surface area contributed by atoms with Crippen LogP contribution in [0.3, 0.4) is 0 Å². The van der Waals surface area contributed by atoms with Crippen LogP contribution >= 0.6 is 0 Å². The lowest BCUT2D eigenvalue weighted by Gasteiger charge is -2.32. The lowest BCUT2D eigenvalue weighted by molar-refractivity contribution is -0.122. The van der Waals surface area contributed by atoms with Crippen molar-refractivity contribution in [2.45, 2.75) is 38.6 Å². The van der Waals surface area contributed by atoms with Gasteiger partial charge in [0.15, 0.2) is 11.5 Å². The summed E-state index contributed by atoms with van der Waals surface area (Å²) in [5.74, 6) is 1.94. The number of benzene rings is 2. The van der Waals surface area contributed by atoms with Gasteiger partial charge in [0, 0.05) is 31.1 Å². The average Bonchev–Trinajstić information content (AvgIpc) is 2.82. The molecule has 2 aromatic carbocycles. The van der Waals surface area contributed by atoms with E-state index in [9.17, 15) is 9.59 Å². The molecule has 2 aromatic rings. The molecule has 1 heterocycles. The van der Waals surface area contributed by atoms with Gasteiger partial charge in [-0.2, -0.15) is 0 Å². The van der Waals surface area contributed by atoms with Gasteiger partial charge in [-0.3, -0.25) is 9.59 Å². The molecule has 172 valence electrons. The summed E-state index contributed by atoms with van der Waals surface area (Å²) in [5, 5.41) is 3.09. The Bertz CT molecular complexity index is 905. The topological polar surface area (TPSA) is 77.1 Å². The molecule has 0 aromatic heterocycles. The first-order chi connectivity index (χ1) is 15.5. The Labute approximate surface area is 189 Å². The highest BCUT2D eigenvalue weighted by Crippen LogP contribution is 2.28. The molecule has 0 spiro atoms. The van der Waals surface area contributed by atoms with E-state index in [0.29, 0.717) is 49.6 Å². The van der Waals surface area contributed by atoms with Gasteiger partial charge < -0.3 is 24.4 Å². The molecule has 0 atom stereocenters. The molecule has 1 aliphatic rings. The van der Waals surface area contributed by atoms with E-state index in [4.69, 9.17) is 14.2 Å². The van der Waals surface area contributed by atoms with Crippen LogP contribution in [0.25, 0.3) is 0 Å². The van der Waals surface area contributed by atoms with Gasteiger partial charge in [-0.25, -0.2) is 0 Å². The second kappa shape index (κ2) is 11.4. The minimum atomic E-state index is -0.0380. The van der Waals surface area contributed by atoms with Gasteiger partial charge in [-0.1, -0.05) is 17.7 Å². The lowest BCUT2D eigenvalue weighted by atomic mass is 10.0. The molecule has 0 unspecified atom stereocenters. The predicted octanol–water partition coefficient (Wildman–Crippen LogP) is 3.59. The van der Waals surface area contributed by atoms with Gasteiger partial charge in [0.1, 0.15) is 5.75 Å². The van der Waals surface area contributed by atoms with Gasteiger partial charge >= 0.3 is 0 Å². The van der Waals surface area contributed by atoms with E-state index in [1.165, 1.54) is 5.56 Å². The number of ether oxygens (including phenoxy) is 3. The number of nitrogens with one attached hydrogen (secondary N) is 1. The number of hydrogen-bond donors (Lipinski definition) is 1. The number of rotatable bonds is 9. The maximum atomic E-state index is 12.8. The summed E-state index contributed by atoms with van der Waals surface area (Å²) >= 11 is 0. The fraction of sp³-hybridized carbons (Fsp3) is 0.440. The van der Waals surface area contributed by atoms with Crippen molar-refractivity contribution in [3.8, 4) is 17.2 Å². The Kier molecular flexibility index (Phi) is 8.36. The van der Waals surface area contributed by atoms with Crippen LogP contribution < -0.4 is 19.5 Å². The largest absolute Gasteiger partial charge is 0.494 e. The summed E-state index contributed by atoms with van der Waals surface area (Å²) in [6.45, 7) is 3.75. The predicted molar refractivity (Wildman–Crippen MR) is 123 cm³/mol. The summed E-state index contributed by atoms with van der Waals surface area (Å²) in [5.41, 5.74) is 1.76. The van der Waals surface area contributed by atoms with Gasteiger partial charge in [0.2, 0.25) is 5.91 Å². The summed E-state index contributed by atoms with van der Waals surface area (Å²) in [4.78, 5) is 26.9. The second-order valence-corrected chi connectivity index (χ2v) is 7.97. The highest BCUT2D eigenvalue weighted by Gasteiger charge is 2.25. The third kappa shape index (κ3) is 6.39. The number of aryl methyl sites for hydroxylation is 1. The van der Waals surface area contributed by atoms with E-state index in [1.807, 2.05) is 36.1 Å². The number of methoxy groups -OCH3 is 2. The molecule has 0 radical (unpaired) electrons. The smallest absolute Gasteiger partial charge is 0.253 e. The Balaban J connectivity index is 1.38. The molecule has 2 amide bonds. The van der Waals surface area contributed by atoms with E-state index in [0.717, 1.165) is 18.6 Å². The number of likely N-dealkylation sites (tertiary alicyclic amines) is 1. The third-order valence-electron chi connectivity index (χ3n) is 5.62. The first-order valence-electron chi connectivity index (χ1n) is 11.0. The first kappa shape index (κ1) is 23.4. The van der Waals surface area contributed by atoms with Crippen LogP contribution in [0.4, 0.5) is 0 Å². The molecule has 3 rings (SSSR count). The maximum absolute atomic E-state index is 12.8. The minimum Gasteiger partial charge on any atom is -0.494 e. The lowest BCUT2D eigenvalue weighted by Crippen LogP contribution is -2.46. The molecule has 7 heteroatoms. The Morgan fingerprint density at radius 3 is 2.34 bits per heavy atom. The van der Waals surface area contributed by atoms with Gasteiger partial charge in [-0.15, -0.1) is 0 Å². The molecule has 1 N–H and O–H groups in total. The number of carbonyl (C=O) groups is 2. The van der Waals surface area contributed by atoms with Crippen LogP contribution in [0.5, 0.6) is 17.2 Å². The number of amides is 2. The Morgan fingerprint density at radius 1 is 1.00 bits per heavy atom. The minimum absolute atomic E-state index is 0.0298. The Hall–Kier alpha value is -3.22. The van der Waals surface area contributed by atoms with Crippen molar-refractivity contribution in [2.24, 2.45) is 0 Å². The average molecular weight is 441 g/mol. The second-order valence-electron chi connectivity index (χ2n) is 7.97. The highest BCUT2D eigenvalue weighted by atomic mass is 16.5. The fourth-order valence-corrected chi connectivity index (χ4v) is 3.74. The van der Waals surface area contributed by atoms with Gasteiger partial charge in [0.05, 0.1) is 20.8 Å². The van der Waals surface area contributed by atoms with Crippen molar-refractivity contribution in [1.82, 2.24) is 10.2 Å². The summed E-state index contributed by atoms with van der Waals surface area (Å²) in [7, 11) is 3.12. The third-order valence-corrected chi connectivity index (χ3v) is 5.62. The molecule has 32 heavy (non-hydrogen) atoms. The molecule has 1 fully saturated rings. The van der Waals surface area contributed by atoms with Gasteiger partial charge in [0.25, 0.3) is 5.91 Å². The monoisotopic (exact) mass is 440 g/mol. The van der Waals surface area contributed by atoms with Crippen molar-refractivity contribution in [1.29, 1.82) is 0 Å². The summed E-state index contributed by atoms with van der Waals surface area (Å²) in [6.07, 6.45) is 2.57. The molecular formula is C25H32N2O5. The van der Waals surface area contributed by atoms with Crippen molar-refractivity contribution in [3.63, 3.8) is 0 Å². The number of nitrogens with zero attached hydrogens (tertiary/aromatic N) is 1. The van der Waals surface area contributed by atoms with E-state index in [1.54, 1.807) is 32.4 Å². The zero-order valence-electron chi connectivity index (χ0n) is 19.1. The van der Waals surface area contributed by atoms with E-state index in [2.05, 4.69) is 5.32 Å². The molecule has 1 saturated heterocycles. The number of carbonyl (C=O) groups excluding carboxylic acids is 2. The van der Waals surface area contributed by atoms with Crippen LogP contribution in [0, 0.1) is 6.92 Å². The van der Waals surface area contributed by atoms with Crippen LogP contribution in [0.15, 0.2) is 42.5 Å². The van der Waals surface area contributed by atoms with Crippen LogP contribution in [0.1, 0.15) is 41.6 Å². The number of piperidine rings is 1. The quantitative estimate of drug-likeness (QED) is 0.603. The van der Waals surface area contributed by atoms with Crippen molar-refractivity contribution < 1.29 is 23.8 Å². The SMILES string of the molecule is COc1ccc(C(=O)N2CCC(NC(=O)CCCOc3ccc(C)cc3)CC2)cc1OC. The fourth-order valence-electron chi connectivity index (χ4n) is 3.74. The summed E-state index contributed by atoms with van der Waals surface area (Å²) in [6, 6.07) is 13.2. The highest BCUT2D eigenvalue weighted by molar-refractivity contribution is 5.95. The normalized spacial score (nSPS) is 14.0. The van der Waals surface area contributed by atoms with E-state index in [-0.39, 0.29) is 17.9 Å². The number of hydrogen-bond acceptors (Lipinski definition) is 5. The molecular weight excluding hydrogens is 408 g/mol. The van der Waals surface area contributed by atoms with Gasteiger partial charge in [-0.05, 0) is 56.5 Å². The summed E-state index contributed by atoms with van der Waals surface area (Å²) < 4.78 is 16.2. The first-order valence-corrected chi connectivity index (χ1v) is 11.0. The standard InChI is InChI=1S/C25H32N2O5/c1-18-6-9-21(10-7-18)32-16-4-5-24(28)26-20-12-14-27(15-13-20)25(29)19-8-11-22(30-2)23(17-19)31-3/h6-11,17,20H,4-5,12-16H2,1-3H3,(H,26,28). The van der Waals surface area contributed by atoms with Crippen molar-refractivity contribution in [2.75, 3.05) is 33.9 Å². The van der Waals surface area contributed by atoms with Crippen LogP contribution in [-0.2, 0) is 4.79 Å². The van der Waals surface area contributed by atoms with Crippen molar-refractivity contribution in [3.05, 3.63) is 53.6 Å². The van der Waals surface area contributed by atoms with Crippen LogP contribution in [0.2, 0.25) is 0 Å². The molecule has 1 aliphatic heterocycles. The zero-order valence-corrected chi connectivity index (χ0v) is 19.1. The van der Waals surface area contributed by atoms with Crippen LogP contribution in [-0.4, -0.2) is 56.7 Å². The van der Waals surface area contributed by atoms with E-state index >= 15 is 0 Å². The molecule has 7 nitrogen and oxygen atoms in total. The van der Waals surface area contributed by atoms with E-state index < -0.39 is 0 Å². The molecule has 0 aliphatic carbocycles. The molecule has 0 bridgehead atoms. The maximum Gasteiger partial charge on any atom is 0.253 e. The zero-order chi connectivity index (χ0) is 22.9. The van der Waals surface area contributed by atoms with Crippen molar-refractivity contribution >= 4 is 11.8 Å². The Morgan fingerprint density at radius 2 is 1.69 bits per heavy atom. The molecule has 0 saturated carbocycles.